The van der Waals surface area contributed by atoms with Crippen molar-refractivity contribution in [1.29, 1.82) is 0 Å². The molecule has 0 spiro atoms. The summed E-state index contributed by atoms with van der Waals surface area (Å²) in [6, 6.07) is 1.01. The first-order valence-corrected chi connectivity index (χ1v) is 8.51. The summed E-state index contributed by atoms with van der Waals surface area (Å²) in [5, 5.41) is 0.973. The smallest absolute Gasteiger partial charge is 0.343 e. The molecule has 7 nitrogen and oxygen atoms in total. The predicted octanol–water partition coefficient (Wildman–Crippen LogP) is 3.01. The van der Waals surface area contributed by atoms with Gasteiger partial charge in [0.15, 0.2) is 17.5 Å². The lowest BCUT2D eigenvalue weighted by Gasteiger charge is -2.17. The largest absolute Gasteiger partial charge is 0.462 e. The van der Waals surface area contributed by atoms with E-state index in [1.165, 1.54) is 6.92 Å². The van der Waals surface area contributed by atoms with Crippen LogP contribution in [0.1, 0.15) is 17.3 Å². The molecular weight excluding hydrogens is 429 g/mol. The zero-order chi connectivity index (χ0) is 23.0. The van der Waals surface area contributed by atoms with Crippen molar-refractivity contribution in [1.82, 2.24) is 4.57 Å². The lowest BCUT2D eigenvalue weighted by Crippen LogP contribution is -2.23. The van der Waals surface area contributed by atoms with Gasteiger partial charge in [0.2, 0.25) is 11.8 Å². The number of hydrogen-bond donors (Lipinski definition) is 2. The van der Waals surface area contributed by atoms with Crippen LogP contribution >= 0.6 is 0 Å². The van der Waals surface area contributed by atoms with Crippen LogP contribution in [0.2, 0.25) is 0 Å². The molecule has 1 heterocycles. The van der Waals surface area contributed by atoms with Gasteiger partial charge in [-0.2, -0.15) is 0 Å². The van der Waals surface area contributed by atoms with E-state index in [0.29, 0.717) is 22.9 Å². The molecule has 1 aromatic heterocycles. The van der Waals surface area contributed by atoms with Gasteiger partial charge in [-0.3, -0.25) is 9.59 Å². The number of fused-ring (bicyclic) bond motifs is 1. The fraction of sp³-hybridized carbons (Fsp3) is 0.105. The van der Waals surface area contributed by atoms with Crippen LogP contribution in [-0.2, 0) is 9.53 Å². The Labute approximate surface area is 169 Å². The minimum Gasteiger partial charge on any atom is -0.462 e. The molecule has 3 N–H and O–H groups in total. The number of carbonyl (C=O) groups is 2. The standard InChI is InChI=1S/C19H12F5N3O4/c1-2-31-19(30)7-5-27(11-4-10(26-6-28)8(20)3-9(11)21)17-12(18(7)29)16(25)14(23)13(22)15(17)24/h3-6H,2,25H2,1H3,(H,26,28). The van der Waals surface area contributed by atoms with E-state index in [9.17, 15) is 36.3 Å². The molecular formula is C19H12F5N3O4. The molecule has 0 fully saturated rings. The van der Waals surface area contributed by atoms with Crippen LogP contribution in [-0.4, -0.2) is 23.6 Å². The summed E-state index contributed by atoms with van der Waals surface area (Å²) in [6.07, 6.45) is 0.685. The summed E-state index contributed by atoms with van der Waals surface area (Å²) in [7, 11) is 0. The average molecular weight is 441 g/mol. The minimum atomic E-state index is -2.06. The van der Waals surface area contributed by atoms with Crippen molar-refractivity contribution >= 4 is 34.7 Å². The third-order valence-corrected chi connectivity index (χ3v) is 4.31. The first kappa shape index (κ1) is 21.7. The number of anilines is 2. The van der Waals surface area contributed by atoms with Crippen molar-refractivity contribution in [3.63, 3.8) is 0 Å². The maximum atomic E-state index is 14.7. The summed E-state index contributed by atoms with van der Waals surface area (Å²) in [6.45, 7) is 1.23. The van der Waals surface area contributed by atoms with E-state index in [1.807, 2.05) is 5.32 Å². The molecule has 0 aliphatic rings. The Morgan fingerprint density at radius 2 is 1.81 bits per heavy atom. The molecule has 0 saturated heterocycles. The Morgan fingerprint density at radius 1 is 1.13 bits per heavy atom. The number of esters is 1. The van der Waals surface area contributed by atoms with Crippen LogP contribution in [0.5, 0.6) is 0 Å². The first-order chi connectivity index (χ1) is 14.6. The highest BCUT2D eigenvalue weighted by molar-refractivity contribution is 5.99. The van der Waals surface area contributed by atoms with Crippen LogP contribution in [0.15, 0.2) is 23.1 Å². The van der Waals surface area contributed by atoms with E-state index in [-0.39, 0.29) is 13.0 Å². The number of rotatable bonds is 5. The van der Waals surface area contributed by atoms with Crippen molar-refractivity contribution < 1.29 is 36.3 Å². The van der Waals surface area contributed by atoms with Gasteiger partial charge in [0.05, 0.1) is 34.6 Å². The SMILES string of the molecule is CCOC(=O)c1cn(-c2cc(NC=O)c(F)cc2F)c2c(F)c(F)c(F)c(N)c2c1=O. The topological polar surface area (TPSA) is 103 Å². The number of carbonyl (C=O) groups excluding carboxylic acids is 2. The van der Waals surface area contributed by atoms with Gasteiger partial charge < -0.3 is 20.4 Å². The normalized spacial score (nSPS) is 10.9. The number of amides is 1. The maximum Gasteiger partial charge on any atom is 0.343 e. The van der Waals surface area contributed by atoms with Gasteiger partial charge in [-0.25, -0.2) is 26.7 Å². The van der Waals surface area contributed by atoms with E-state index in [1.54, 1.807) is 0 Å². The zero-order valence-electron chi connectivity index (χ0n) is 15.6. The zero-order valence-corrected chi connectivity index (χ0v) is 15.6. The number of halogens is 5. The lowest BCUT2D eigenvalue weighted by atomic mass is 10.1. The number of nitrogen functional groups attached to an aromatic ring is 1. The molecule has 0 radical (unpaired) electrons. The van der Waals surface area contributed by atoms with Gasteiger partial charge in [-0.15, -0.1) is 0 Å². The van der Waals surface area contributed by atoms with E-state index < -0.39 is 74.0 Å². The number of nitrogens with zero attached hydrogens (tertiary/aromatic N) is 1. The number of nitrogens with one attached hydrogen (secondary N) is 1. The second kappa shape index (κ2) is 8.05. The molecule has 31 heavy (non-hydrogen) atoms. The maximum absolute atomic E-state index is 14.7. The first-order valence-electron chi connectivity index (χ1n) is 8.51. The molecule has 3 aromatic rings. The van der Waals surface area contributed by atoms with Crippen LogP contribution in [0.25, 0.3) is 16.6 Å². The highest BCUT2D eigenvalue weighted by Gasteiger charge is 2.28. The summed E-state index contributed by atoms with van der Waals surface area (Å²) >= 11 is 0. The van der Waals surface area contributed by atoms with Crippen molar-refractivity contribution in [2.75, 3.05) is 17.7 Å². The Morgan fingerprint density at radius 3 is 2.42 bits per heavy atom. The van der Waals surface area contributed by atoms with Gasteiger partial charge >= 0.3 is 5.97 Å². The monoisotopic (exact) mass is 441 g/mol. The Balaban J connectivity index is 2.56. The fourth-order valence-electron chi connectivity index (χ4n) is 2.95. The van der Waals surface area contributed by atoms with Crippen molar-refractivity contribution in [2.24, 2.45) is 0 Å². The number of hydrogen-bond acceptors (Lipinski definition) is 5. The van der Waals surface area contributed by atoms with Gasteiger partial charge in [0.1, 0.15) is 17.2 Å². The quantitative estimate of drug-likeness (QED) is 0.208. The summed E-state index contributed by atoms with van der Waals surface area (Å²) in [4.78, 5) is 35.6. The van der Waals surface area contributed by atoms with Crippen LogP contribution in [0, 0.1) is 29.1 Å². The van der Waals surface area contributed by atoms with Crippen molar-refractivity contribution in [3.05, 3.63) is 63.2 Å². The Hall–Kier alpha value is -3.96. The molecule has 0 atom stereocenters. The van der Waals surface area contributed by atoms with Gasteiger partial charge in [0.25, 0.3) is 0 Å². The molecule has 0 bridgehead atoms. The average Bonchev–Trinajstić information content (AvgIpc) is 2.72. The second-order valence-corrected chi connectivity index (χ2v) is 6.09. The molecule has 12 heteroatoms. The van der Waals surface area contributed by atoms with E-state index >= 15 is 0 Å². The minimum absolute atomic E-state index is 0.0707. The molecule has 0 aliphatic carbocycles. The fourth-order valence-corrected chi connectivity index (χ4v) is 2.95. The van der Waals surface area contributed by atoms with Gasteiger partial charge in [-0.05, 0) is 13.0 Å². The highest BCUT2D eigenvalue weighted by Crippen LogP contribution is 2.32. The number of aromatic nitrogens is 1. The van der Waals surface area contributed by atoms with E-state index in [2.05, 4.69) is 0 Å². The Kier molecular flexibility index (Phi) is 5.64. The van der Waals surface area contributed by atoms with Crippen molar-refractivity contribution in [3.8, 4) is 5.69 Å². The summed E-state index contributed by atoms with van der Waals surface area (Å²) < 4.78 is 76.4. The third kappa shape index (κ3) is 3.45. The molecule has 3 rings (SSSR count). The number of nitrogens with two attached hydrogens (primary N) is 1. The Bertz CT molecular complexity index is 1310. The molecule has 0 unspecified atom stereocenters. The molecule has 0 saturated carbocycles. The van der Waals surface area contributed by atoms with Crippen molar-refractivity contribution in [2.45, 2.75) is 6.92 Å². The van der Waals surface area contributed by atoms with Crippen LogP contribution in [0.3, 0.4) is 0 Å². The predicted molar refractivity (Wildman–Crippen MR) is 99.4 cm³/mol. The number of pyridine rings is 1. The number of ether oxygens (including phenoxy) is 1. The molecule has 1 amide bonds. The third-order valence-electron chi connectivity index (χ3n) is 4.31. The molecule has 2 aromatic carbocycles. The van der Waals surface area contributed by atoms with Gasteiger partial charge in [0, 0.05) is 12.3 Å². The summed E-state index contributed by atoms with van der Waals surface area (Å²) in [5.74, 6) is -9.66. The second-order valence-electron chi connectivity index (χ2n) is 6.09. The van der Waals surface area contributed by atoms with Gasteiger partial charge in [-0.1, -0.05) is 0 Å². The van der Waals surface area contributed by atoms with Crippen LogP contribution in [0.4, 0.5) is 33.3 Å². The lowest BCUT2D eigenvalue weighted by molar-refractivity contribution is -0.105. The van der Waals surface area contributed by atoms with E-state index in [4.69, 9.17) is 10.5 Å². The summed E-state index contributed by atoms with van der Waals surface area (Å²) in [5.41, 5.74) is -0.0726. The molecule has 162 valence electrons. The number of benzene rings is 2. The van der Waals surface area contributed by atoms with Crippen LogP contribution < -0.4 is 16.5 Å². The van der Waals surface area contributed by atoms with E-state index in [0.717, 1.165) is 0 Å². The molecule has 0 aliphatic heterocycles. The highest BCUT2D eigenvalue weighted by atomic mass is 19.2.